The third-order valence-electron chi connectivity index (χ3n) is 3.28. The molecular formula is C11H23N3O. The van der Waals surface area contributed by atoms with Crippen LogP contribution in [0.2, 0.25) is 0 Å². The van der Waals surface area contributed by atoms with Gasteiger partial charge in [-0.25, -0.2) is 0 Å². The zero-order valence-corrected chi connectivity index (χ0v) is 9.63. The van der Waals surface area contributed by atoms with Gasteiger partial charge in [-0.15, -0.1) is 0 Å². The van der Waals surface area contributed by atoms with E-state index in [0.717, 1.165) is 25.9 Å². The fourth-order valence-corrected chi connectivity index (χ4v) is 1.95. The Labute approximate surface area is 91.9 Å². The molecule has 0 aromatic carbocycles. The van der Waals surface area contributed by atoms with Crippen molar-refractivity contribution >= 4 is 5.84 Å². The summed E-state index contributed by atoms with van der Waals surface area (Å²) in [6, 6.07) is 0. The normalized spacial score (nSPS) is 19.9. The number of rotatable bonds is 7. The van der Waals surface area contributed by atoms with Crippen LogP contribution in [0.4, 0.5) is 0 Å². The summed E-state index contributed by atoms with van der Waals surface area (Å²) in [7, 11) is 0. The monoisotopic (exact) mass is 213 g/mol. The van der Waals surface area contributed by atoms with Gasteiger partial charge in [-0.3, -0.25) is 0 Å². The van der Waals surface area contributed by atoms with Crippen LogP contribution in [0.3, 0.4) is 0 Å². The average Bonchev–Trinajstić information content (AvgIpc) is 2.20. The van der Waals surface area contributed by atoms with E-state index in [9.17, 15) is 0 Å². The molecule has 0 radical (unpaired) electrons. The lowest BCUT2D eigenvalue weighted by molar-refractivity contribution is 0.157. The fourth-order valence-electron chi connectivity index (χ4n) is 1.95. The van der Waals surface area contributed by atoms with Crippen molar-refractivity contribution in [2.75, 3.05) is 13.1 Å². The maximum Gasteiger partial charge on any atom is 0.139 e. The first-order chi connectivity index (χ1) is 7.16. The molecule has 0 aromatic heterocycles. The minimum absolute atomic E-state index is 0.334. The Balaban J connectivity index is 1.89. The van der Waals surface area contributed by atoms with Gasteiger partial charge in [-0.2, -0.15) is 0 Å². The molecule has 4 nitrogen and oxygen atoms in total. The molecule has 1 fully saturated rings. The number of oxime groups is 1. The zero-order chi connectivity index (χ0) is 11.1. The highest BCUT2D eigenvalue weighted by atomic mass is 16.4. The molecule has 0 saturated heterocycles. The summed E-state index contributed by atoms with van der Waals surface area (Å²) in [5.74, 6) is 0.334. The van der Waals surface area contributed by atoms with Gasteiger partial charge in [0.25, 0.3) is 0 Å². The Hall–Kier alpha value is -0.770. The van der Waals surface area contributed by atoms with E-state index < -0.39 is 0 Å². The number of nitrogens with zero attached hydrogens (tertiary/aromatic N) is 1. The summed E-state index contributed by atoms with van der Waals surface area (Å²) in [6.45, 7) is 4.52. The van der Waals surface area contributed by atoms with Gasteiger partial charge >= 0.3 is 0 Å². The molecule has 0 atom stereocenters. The lowest BCUT2D eigenvalue weighted by Crippen LogP contribution is -2.37. The Morgan fingerprint density at radius 1 is 1.47 bits per heavy atom. The molecule has 0 aromatic rings. The van der Waals surface area contributed by atoms with E-state index >= 15 is 0 Å². The summed E-state index contributed by atoms with van der Waals surface area (Å²) in [5, 5.41) is 14.7. The standard InChI is InChI=1S/C11H23N3O/c1-11(6-4-7-11)9-13-8-3-2-5-10(12)14-15/h13,15H,2-9H2,1H3,(H2,12,14). The molecule has 1 aliphatic carbocycles. The van der Waals surface area contributed by atoms with Crippen molar-refractivity contribution in [3.63, 3.8) is 0 Å². The van der Waals surface area contributed by atoms with Crippen molar-refractivity contribution in [1.29, 1.82) is 0 Å². The lowest BCUT2D eigenvalue weighted by atomic mass is 9.70. The number of unbranched alkanes of at least 4 members (excludes halogenated alkanes) is 1. The average molecular weight is 213 g/mol. The summed E-state index contributed by atoms with van der Waals surface area (Å²) in [4.78, 5) is 0. The van der Waals surface area contributed by atoms with Crippen molar-refractivity contribution in [2.24, 2.45) is 16.3 Å². The van der Waals surface area contributed by atoms with Crippen LogP contribution < -0.4 is 11.1 Å². The van der Waals surface area contributed by atoms with E-state index in [1.807, 2.05) is 0 Å². The molecule has 4 heteroatoms. The number of nitrogens with two attached hydrogens (primary N) is 1. The SMILES string of the molecule is CC1(CNCCCCC(N)=NO)CCC1. The fraction of sp³-hybridized carbons (Fsp3) is 0.909. The number of amidine groups is 1. The zero-order valence-electron chi connectivity index (χ0n) is 9.63. The highest BCUT2D eigenvalue weighted by Gasteiger charge is 2.30. The van der Waals surface area contributed by atoms with Crippen LogP contribution in [0.25, 0.3) is 0 Å². The maximum atomic E-state index is 8.33. The first-order valence-electron chi connectivity index (χ1n) is 5.83. The van der Waals surface area contributed by atoms with E-state index in [1.165, 1.54) is 19.3 Å². The Kier molecular flexibility index (Phi) is 4.88. The lowest BCUT2D eigenvalue weighted by Gasteiger charge is -2.38. The van der Waals surface area contributed by atoms with Crippen LogP contribution in [0.5, 0.6) is 0 Å². The van der Waals surface area contributed by atoms with E-state index in [1.54, 1.807) is 0 Å². The molecule has 0 spiro atoms. The maximum absolute atomic E-state index is 8.33. The van der Waals surface area contributed by atoms with Gasteiger partial charge in [-0.05, 0) is 37.6 Å². The Bertz CT molecular complexity index is 212. The van der Waals surface area contributed by atoms with Crippen molar-refractivity contribution in [3.8, 4) is 0 Å². The summed E-state index contributed by atoms with van der Waals surface area (Å²) in [5.41, 5.74) is 5.93. The van der Waals surface area contributed by atoms with E-state index in [2.05, 4.69) is 17.4 Å². The first-order valence-corrected chi connectivity index (χ1v) is 5.83. The summed E-state index contributed by atoms with van der Waals surface area (Å²) >= 11 is 0. The molecule has 0 bridgehead atoms. The van der Waals surface area contributed by atoms with E-state index in [-0.39, 0.29) is 0 Å². The highest BCUT2D eigenvalue weighted by Crippen LogP contribution is 2.39. The third kappa shape index (κ3) is 4.51. The van der Waals surface area contributed by atoms with Gasteiger partial charge in [0, 0.05) is 13.0 Å². The topological polar surface area (TPSA) is 70.6 Å². The second-order valence-electron chi connectivity index (χ2n) is 4.89. The molecule has 0 aliphatic heterocycles. The van der Waals surface area contributed by atoms with Gasteiger partial charge in [0.2, 0.25) is 0 Å². The van der Waals surface area contributed by atoms with Gasteiger partial charge in [0.15, 0.2) is 0 Å². The highest BCUT2D eigenvalue weighted by molar-refractivity contribution is 5.79. The van der Waals surface area contributed by atoms with Gasteiger partial charge in [0.1, 0.15) is 5.84 Å². The van der Waals surface area contributed by atoms with E-state index in [0.29, 0.717) is 17.7 Å². The Morgan fingerprint density at radius 3 is 2.73 bits per heavy atom. The molecule has 4 N–H and O–H groups in total. The molecule has 1 aliphatic rings. The van der Waals surface area contributed by atoms with Crippen LogP contribution in [-0.2, 0) is 0 Å². The smallest absolute Gasteiger partial charge is 0.139 e. The number of hydrogen-bond acceptors (Lipinski definition) is 3. The minimum atomic E-state index is 0.334. The molecule has 1 saturated carbocycles. The third-order valence-corrected chi connectivity index (χ3v) is 3.28. The Morgan fingerprint density at radius 2 is 2.20 bits per heavy atom. The second-order valence-corrected chi connectivity index (χ2v) is 4.89. The quantitative estimate of drug-likeness (QED) is 0.198. The van der Waals surface area contributed by atoms with Gasteiger partial charge in [0.05, 0.1) is 0 Å². The van der Waals surface area contributed by atoms with Crippen molar-refractivity contribution in [3.05, 3.63) is 0 Å². The molecule has 0 unspecified atom stereocenters. The largest absolute Gasteiger partial charge is 0.409 e. The predicted molar refractivity (Wildman–Crippen MR) is 62.1 cm³/mol. The minimum Gasteiger partial charge on any atom is -0.409 e. The van der Waals surface area contributed by atoms with Crippen LogP contribution in [0.1, 0.15) is 45.4 Å². The molecular weight excluding hydrogens is 190 g/mol. The van der Waals surface area contributed by atoms with E-state index in [4.69, 9.17) is 10.9 Å². The van der Waals surface area contributed by atoms with Crippen LogP contribution in [-0.4, -0.2) is 24.1 Å². The first kappa shape index (κ1) is 12.3. The predicted octanol–water partition coefficient (Wildman–Crippen LogP) is 1.68. The molecule has 15 heavy (non-hydrogen) atoms. The van der Waals surface area contributed by atoms with Crippen LogP contribution in [0, 0.1) is 5.41 Å². The van der Waals surface area contributed by atoms with Gasteiger partial charge in [-0.1, -0.05) is 18.5 Å². The molecule has 1 rings (SSSR count). The number of nitrogens with one attached hydrogen (secondary N) is 1. The number of hydrogen-bond donors (Lipinski definition) is 3. The molecule has 0 amide bonds. The van der Waals surface area contributed by atoms with Crippen molar-refractivity contribution in [1.82, 2.24) is 5.32 Å². The summed E-state index contributed by atoms with van der Waals surface area (Å²) in [6.07, 6.45) is 6.89. The summed E-state index contributed by atoms with van der Waals surface area (Å²) < 4.78 is 0. The molecule has 88 valence electrons. The van der Waals surface area contributed by atoms with Crippen molar-refractivity contribution < 1.29 is 5.21 Å². The van der Waals surface area contributed by atoms with Crippen LogP contribution >= 0.6 is 0 Å². The van der Waals surface area contributed by atoms with Gasteiger partial charge < -0.3 is 16.3 Å². The molecule has 0 heterocycles. The second kappa shape index (κ2) is 5.95. The van der Waals surface area contributed by atoms with Crippen LogP contribution in [0.15, 0.2) is 5.16 Å². The van der Waals surface area contributed by atoms with Crippen molar-refractivity contribution in [2.45, 2.75) is 45.4 Å².